The van der Waals surface area contributed by atoms with Crippen LogP contribution in [0.2, 0.25) is 0 Å². The van der Waals surface area contributed by atoms with E-state index in [0.29, 0.717) is 36.6 Å². The van der Waals surface area contributed by atoms with Gasteiger partial charge in [-0.15, -0.1) is 0 Å². The smallest absolute Gasteiger partial charge is 0.168 e. The normalized spacial score (nSPS) is 22.0. The molecule has 3 aromatic heterocycles. The monoisotopic (exact) mass is 403 g/mol. The summed E-state index contributed by atoms with van der Waals surface area (Å²) in [5.41, 5.74) is 0.881. The Morgan fingerprint density at radius 3 is 2.83 bits per heavy atom. The Morgan fingerprint density at radius 2 is 2.03 bits per heavy atom. The van der Waals surface area contributed by atoms with Crippen molar-refractivity contribution >= 4 is 11.5 Å². The highest BCUT2D eigenvalue weighted by atomic mass is 19.1. The van der Waals surface area contributed by atoms with Gasteiger partial charge in [-0.1, -0.05) is 0 Å². The lowest BCUT2D eigenvalue weighted by atomic mass is 10.1. The Labute approximate surface area is 165 Å². The van der Waals surface area contributed by atoms with Crippen molar-refractivity contribution in [3.63, 3.8) is 0 Å². The molecule has 3 aromatic rings. The number of nitrogens with one attached hydrogen (secondary N) is 2. The lowest BCUT2D eigenvalue weighted by Gasteiger charge is -2.28. The van der Waals surface area contributed by atoms with Crippen LogP contribution in [0.3, 0.4) is 0 Å². The zero-order valence-electron chi connectivity index (χ0n) is 15.5. The summed E-state index contributed by atoms with van der Waals surface area (Å²) in [6, 6.07) is 3.67. The van der Waals surface area contributed by atoms with E-state index in [9.17, 15) is 13.2 Å². The molecule has 2 N–H and O–H groups in total. The minimum Gasteiger partial charge on any atom is -0.490 e. The molecule has 0 spiro atoms. The van der Waals surface area contributed by atoms with E-state index < -0.39 is 23.8 Å². The molecule has 2 aliphatic rings. The fraction of sp³-hybridized carbons (Fsp3) is 0.400. The van der Waals surface area contributed by atoms with Crippen LogP contribution in [0.4, 0.5) is 19.0 Å². The first kappa shape index (κ1) is 18.2. The predicted octanol–water partition coefficient (Wildman–Crippen LogP) is 3.33. The number of hydrogen-bond donors (Lipinski definition) is 2. The summed E-state index contributed by atoms with van der Waals surface area (Å²) in [6.45, 7) is 0.909. The van der Waals surface area contributed by atoms with Crippen molar-refractivity contribution in [1.82, 2.24) is 19.7 Å². The molecule has 4 heterocycles. The van der Waals surface area contributed by atoms with Gasteiger partial charge in [0.2, 0.25) is 0 Å². The van der Waals surface area contributed by atoms with Gasteiger partial charge in [0, 0.05) is 24.9 Å². The molecule has 0 aromatic carbocycles. The number of imidazole rings is 1. The van der Waals surface area contributed by atoms with Crippen molar-refractivity contribution in [3.8, 4) is 17.1 Å². The van der Waals surface area contributed by atoms with Crippen LogP contribution >= 0.6 is 0 Å². The topological polar surface area (TPSA) is 63.5 Å². The first-order valence-electron chi connectivity index (χ1n) is 9.70. The van der Waals surface area contributed by atoms with E-state index >= 15 is 0 Å². The molecule has 1 saturated heterocycles. The number of piperidine rings is 1. The molecule has 5 rings (SSSR count). The van der Waals surface area contributed by atoms with Gasteiger partial charge in [-0.2, -0.15) is 0 Å². The average molecular weight is 403 g/mol. The Kier molecular flexibility index (Phi) is 4.54. The lowest BCUT2D eigenvalue weighted by molar-refractivity contribution is 0.240. The number of alkyl halides is 1. The van der Waals surface area contributed by atoms with Gasteiger partial charge in [-0.3, -0.25) is 4.40 Å². The minimum atomic E-state index is -1.13. The predicted molar refractivity (Wildman–Crippen MR) is 102 cm³/mol. The highest BCUT2D eigenvalue weighted by molar-refractivity contribution is 5.63. The molecule has 1 aliphatic carbocycles. The van der Waals surface area contributed by atoms with Crippen molar-refractivity contribution in [2.24, 2.45) is 0 Å². The van der Waals surface area contributed by atoms with E-state index in [1.807, 2.05) is 0 Å². The number of nitrogens with zero attached hydrogens (tertiary/aromatic N) is 3. The second-order valence-corrected chi connectivity index (χ2v) is 7.46. The number of ether oxygens (including phenoxy) is 1. The number of pyridine rings is 2. The molecule has 1 aliphatic heterocycles. The van der Waals surface area contributed by atoms with E-state index in [1.165, 1.54) is 6.20 Å². The zero-order valence-corrected chi connectivity index (χ0v) is 15.5. The molecular weight excluding hydrogens is 383 g/mol. The van der Waals surface area contributed by atoms with Gasteiger partial charge < -0.3 is 15.4 Å². The van der Waals surface area contributed by atoms with E-state index in [4.69, 9.17) is 4.74 Å². The van der Waals surface area contributed by atoms with E-state index in [0.717, 1.165) is 18.9 Å². The highest BCUT2D eigenvalue weighted by Gasteiger charge is 2.27. The lowest BCUT2D eigenvalue weighted by Crippen LogP contribution is -2.46. The van der Waals surface area contributed by atoms with Crippen LogP contribution in [-0.2, 0) is 0 Å². The molecule has 1 saturated carbocycles. The van der Waals surface area contributed by atoms with Crippen molar-refractivity contribution < 1.29 is 17.9 Å². The molecule has 0 amide bonds. The van der Waals surface area contributed by atoms with Gasteiger partial charge in [-0.25, -0.2) is 23.1 Å². The Balaban J connectivity index is 1.48. The van der Waals surface area contributed by atoms with Crippen LogP contribution in [0.25, 0.3) is 17.0 Å². The summed E-state index contributed by atoms with van der Waals surface area (Å²) >= 11 is 0. The van der Waals surface area contributed by atoms with Gasteiger partial charge >= 0.3 is 0 Å². The maximum atomic E-state index is 14.6. The molecule has 0 unspecified atom stereocenters. The van der Waals surface area contributed by atoms with Gasteiger partial charge in [0.1, 0.15) is 23.3 Å². The summed E-state index contributed by atoms with van der Waals surface area (Å²) < 4.78 is 50.4. The van der Waals surface area contributed by atoms with Crippen LogP contribution in [0.15, 0.2) is 30.6 Å². The number of aromatic nitrogens is 3. The standard InChI is InChI=1S/C20H20F3N5O/c21-13-3-5-24-9-16(13)26-20-15(23)8-14(22)19(27-20)17-10-25-18-7-12(4-6-28(17)18)29-11-1-2-11/h4,6-8,10-11,13,16,24H,1-3,5,9H2,(H,26,27)/t13-,16-/m0/s1. The third kappa shape index (κ3) is 3.62. The Bertz CT molecular complexity index is 1050. The number of anilines is 1. The van der Waals surface area contributed by atoms with Gasteiger partial charge in [0.25, 0.3) is 0 Å². The van der Waals surface area contributed by atoms with Crippen molar-refractivity contribution in [1.29, 1.82) is 0 Å². The van der Waals surface area contributed by atoms with Crippen LogP contribution < -0.4 is 15.4 Å². The fourth-order valence-electron chi connectivity index (χ4n) is 3.48. The van der Waals surface area contributed by atoms with E-state index in [-0.39, 0.29) is 17.6 Å². The molecule has 152 valence electrons. The van der Waals surface area contributed by atoms with Crippen LogP contribution in [-0.4, -0.2) is 45.8 Å². The van der Waals surface area contributed by atoms with Crippen molar-refractivity contribution in [3.05, 3.63) is 42.2 Å². The molecule has 0 bridgehead atoms. The largest absolute Gasteiger partial charge is 0.490 e. The number of halogens is 3. The first-order valence-corrected chi connectivity index (χ1v) is 9.70. The summed E-state index contributed by atoms with van der Waals surface area (Å²) in [7, 11) is 0. The summed E-state index contributed by atoms with van der Waals surface area (Å²) in [6.07, 6.45) is 4.73. The molecule has 2 fully saturated rings. The molecule has 6 nitrogen and oxygen atoms in total. The SMILES string of the molecule is Fc1cc(F)c(-c2cnc3cc(OC4CC4)ccn23)nc1N[C@H]1CNCC[C@@H]1F. The summed E-state index contributed by atoms with van der Waals surface area (Å²) in [5, 5.41) is 5.83. The molecule has 29 heavy (non-hydrogen) atoms. The van der Waals surface area contributed by atoms with E-state index in [1.54, 1.807) is 22.7 Å². The summed E-state index contributed by atoms with van der Waals surface area (Å²) in [4.78, 5) is 8.42. The molecular formula is C20H20F3N5O. The maximum Gasteiger partial charge on any atom is 0.168 e. The zero-order chi connectivity index (χ0) is 20.0. The number of rotatable bonds is 5. The number of hydrogen-bond acceptors (Lipinski definition) is 5. The van der Waals surface area contributed by atoms with Crippen LogP contribution in [0.5, 0.6) is 5.75 Å². The van der Waals surface area contributed by atoms with Crippen molar-refractivity contribution in [2.45, 2.75) is 37.6 Å². The third-order valence-electron chi connectivity index (χ3n) is 5.20. The Morgan fingerprint density at radius 1 is 1.17 bits per heavy atom. The molecule has 9 heteroatoms. The molecule has 2 atom stereocenters. The summed E-state index contributed by atoms with van der Waals surface area (Å²) in [5.74, 6) is -1.16. The minimum absolute atomic E-state index is 0.0589. The number of fused-ring (bicyclic) bond motifs is 1. The quantitative estimate of drug-likeness (QED) is 0.684. The van der Waals surface area contributed by atoms with Crippen LogP contribution in [0.1, 0.15) is 19.3 Å². The second-order valence-electron chi connectivity index (χ2n) is 7.46. The second kappa shape index (κ2) is 7.22. The Hall–Kier alpha value is -2.81. The van der Waals surface area contributed by atoms with E-state index in [2.05, 4.69) is 20.6 Å². The first-order chi connectivity index (χ1) is 14.1. The van der Waals surface area contributed by atoms with Gasteiger partial charge in [-0.05, 0) is 31.9 Å². The van der Waals surface area contributed by atoms with Crippen molar-refractivity contribution in [2.75, 3.05) is 18.4 Å². The molecule has 0 radical (unpaired) electrons. The highest BCUT2D eigenvalue weighted by Crippen LogP contribution is 2.30. The maximum absolute atomic E-state index is 14.6. The van der Waals surface area contributed by atoms with Gasteiger partial charge in [0.15, 0.2) is 17.5 Å². The third-order valence-corrected chi connectivity index (χ3v) is 5.20. The fourth-order valence-corrected chi connectivity index (χ4v) is 3.48. The average Bonchev–Trinajstić information content (AvgIpc) is 3.42. The van der Waals surface area contributed by atoms with Crippen LogP contribution in [0, 0.1) is 11.6 Å². The van der Waals surface area contributed by atoms with Gasteiger partial charge in [0.05, 0.1) is 24.0 Å².